The van der Waals surface area contributed by atoms with E-state index in [1.54, 1.807) is 0 Å². The van der Waals surface area contributed by atoms with E-state index >= 15 is 0 Å². The highest BCUT2D eigenvalue weighted by Crippen LogP contribution is 2.57. The van der Waals surface area contributed by atoms with E-state index in [0.717, 1.165) is 5.92 Å². The number of pyridine rings is 1. The Bertz CT molecular complexity index is 397. The standard InChI is InChI=1S/C13H18N2/c1-8-6-13(2,3)11-9-4-5-14-7-10(9)15-12(8)11/h4-5,7-8,11-12,15H,6H2,1-3H3/t8-,11?,12?/m0/s1. The van der Waals surface area contributed by atoms with E-state index in [0.29, 0.717) is 17.4 Å². The van der Waals surface area contributed by atoms with Crippen molar-refractivity contribution in [1.29, 1.82) is 0 Å². The van der Waals surface area contributed by atoms with E-state index in [1.165, 1.54) is 17.7 Å². The molecule has 1 fully saturated rings. The summed E-state index contributed by atoms with van der Waals surface area (Å²) in [7, 11) is 0. The molecule has 0 bridgehead atoms. The Morgan fingerprint density at radius 2 is 2.27 bits per heavy atom. The van der Waals surface area contributed by atoms with Gasteiger partial charge in [0.2, 0.25) is 0 Å². The van der Waals surface area contributed by atoms with Crippen molar-refractivity contribution in [3.63, 3.8) is 0 Å². The van der Waals surface area contributed by atoms with E-state index < -0.39 is 0 Å². The van der Waals surface area contributed by atoms with Crippen LogP contribution in [0.3, 0.4) is 0 Å². The molecule has 1 saturated carbocycles. The van der Waals surface area contributed by atoms with Crippen LogP contribution in [0.2, 0.25) is 0 Å². The molecular weight excluding hydrogens is 184 g/mol. The van der Waals surface area contributed by atoms with E-state index in [4.69, 9.17) is 0 Å². The van der Waals surface area contributed by atoms with Crippen molar-refractivity contribution in [1.82, 2.24) is 4.98 Å². The molecule has 0 saturated heterocycles. The summed E-state index contributed by atoms with van der Waals surface area (Å²) in [4.78, 5) is 4.19. The van der Waals surface area contributed by atoms with Crippen LogP contribution in [0.4, 0.5) is 5.69 Å². The Morgan fingerprint density at radius 3 is 3.07 bits per heavy atom. The number of nitrogens with one attached hydrogen (secondary N) is 1. The van der Waals surface area contributed by atoms with E-state index in [1.807, 2.05) is 12.4 Å². The van der Waals surface area contributed by atoms with Crippen molar-refractivity contribution >= 4 is 5.69 Å². The van der Waals surface area contributed by atoms with Gasteiger partial charge in [-0.2, -0.15) is 0 Å². The third-order valence-electron chi connectivity index (χ3n) is 4.17. The quantitative estimate of drug-likeness (QED) is 0.699. The smallest absolute Gasteiger partial charge is 0.0565 e. The van der Waals surface area contributed by atoms with Crippen molar-refractivity contribution in [3.05, 3.63) is 24.0 Å². The molecule has 15 heavy (non-hydrogen) atoms. The van der Waals surface area contributed by atoms with Crippen LogP contribution < -0.4 is 5.32 Å². The van der Waals surface area contributed by atoms with Gasteiger partial charge in [-0.05, 0) is 29.4 Å². The summed E-state index contributed by atoms with van der Waals surface area (Å²) in [6, 6.07) is 2.81. The molecule has 3 rings (SSSR count). The largest absolute Gasteiger partial charge is 0.380 e. The van der Waals surface area contributed by atoms with Gasteiger partial charge >= 0.3 is 0 Å². The molecule has 2 nitrogen and oxygen atoms in total. The van der Waals surface area contributed by atoms with Crippen LogP contribution in [-0.2, 0) is 0 Å². The maximum absolute atomic E-state index is 4.19. The van der Waals surface area contributed by atoms with Crippen LogP contribution >= 0.6 is 0 Å². The highest BCUT2D eigenvalue weighted by atomic mass is 15.0. The molecule has 1 N–H and O–H groups in total. The molecule has 2 heteroatoms. The van der Waals surface area contributed by atoms with Gasteiger partial charge in [-0.1, -0.05) is 20.8 Å². The monoisotopic (exact) mass is 202 g/mol. The van der Waals surface area contributed by atoms with Crippen LogP contribution in [0.25, 0.3) is 0 Å². The summed E-state index contributed by atoms with van der Waals surface area (Å²) in [5.74, 6) is 1.43. The number of anilines is 1. The highest BCUT2D eigenvalue weighted by molar-refractivity contribution is 5.59. The maximum atomic E-state index is 4.19. The van der Waals surface area contributed by atoms with Crippen molar-refractivity contribution in [2.45, 2.75) is 39.2 Å². The topological polar surface area (TPSA) is 24.9 Å². The van der Waals surface area contributed by atoms with Gasteiger partial charge < -0.3 is 5.32 Å². The molecule has 1 aliphatic heterocycles. The molecule has 0 radical (unpaired) electrons. The predicted octanol–water partition coefficient (Wildman–Crippen LogP) is 3.03. The third-order valence-corrected chi connectivity index (χ3v) is 4.17. The van der Waals surface area contributed by atoms with Gasteiger partial charge in [0, 0.05) is 18.2 Å². The van der Waals surface area contributed by atoms with E-state index in [9.17, 15) is 0 Å². The Balaban J connectivity index is 2.11. The second-order valence-electron chi connectivity index (χ2n) is 5.78. The van der Waals surface area contributed by atoms with Gasteiger partial charge in [0.25, 0.3) is 0 Å². The molecular formula is C13H18N2. The first kappa shape index (κ1) is 9.20. The van der Waals surface area contributed by atoms with Crippen LogP contribution in [0.5, 0.6) is 0 Å². The first-order valence-corrected chi connectivity index (χ1v) is 5.80. The molecule has 2 unspecified atom stereocenters. The maximum Gasteiger partial charge on any atom is 0.0565 e. The molecule has 3 atom stereocenters. The first-order chi connectivity index (χ1) is 7.09. The number of nitrogens with zero attached hydrogens (tertiary/aromatic N) is 1. The average Bonchev–Trinajstić information content (AvgIpc) is 2.64. The third kappa shape index (κ3) is 1.14. The van der Waals surface area contributed by atoms with Gasteiger partial charge in [0.1, 0.15) is 0 Å². The van der Waals surface area contributed by atoms with Gasteiger partial charge in [-0.3, -0.25) is 4.98 Å². The minimum absolute atomic E-state index is 0.420. The van der Waals surface area contributed by atoms with Gasteiger partial charge in [-0.25, -0.2) is 0 Å². The summed E-state index contributed by atoms with van der Waals surface area (Å²) in [5, 5.41) is 3.64. The van der Waals surface area contributed by atoms with Crippen molar-refractivity contribution in [3.8, 4) is 0 Å². The SMILES string of the molecule is C[C@H]1CC(C)(C)C2c3ccncc3NC21. The average molecular weight is 202 g/mol. The molecule has 2 heterocycles. The lowest BCUT2D eigenvalue weighted by Crippen LogP contribution is -2.24. The minimum Gasteiger partial charge on any atom is -0.380 e. The van der Waals surface area contributed by atoms with Crippen LogP contribution in [-0.4, -0.2) is 11.0 Å². The highest BCUT2D eigenvalue weighted by Gasteiger charge is 2.50. The first-order valence-electron chi connectivity index (χ1n) is 5.80. The zero-order chi connectivity index (χ0) is 10.6. The van der Waals surface area contributed by atoms with Crippen LogP contribution in [0.15, 0.2) is 18.5 Å². The van der Waals surface area contributed by atoms with Gasteiger partial charge in [0.05, 0.1) is 11.9 Å². The number of hydrogen-bond donors (Lipinski definition) is 1. The Labute approximate surface area is 91.1 Å². The lowest BCUT2D eigenvalue weighted by atomic mass is 9.78. The van der Waals surface area contributed by atoms with Crippen molar-refractivity contribution in [2.75, 3.05) is 5.32 Å². The lowest BCUT2D eigenvalue weighted by molar-refractivity contribution is 0.327. The minimum atomic E-state index is 0.420. The second kappa shape index (κ2) is 2.75. The van der Waals surface area contributed by atoms with E-state index in [-0.39, 0.29) is 0 Å². The summed E-state index contributed by atoms with van der Waals surface area (Å²) in [5.41, 5.74) is 3.15. The fraction of sp³-hybridized carbons (Fsp3) is 0.615. The molecule has 0 amide bonds. The second-order valence-corrected chi connectivity index (χ2v) is 5.78. The Hall–Kier alpha value is -1.05. The van der Waals surface area contributed by atoms with Crippen molar-refractivity contribution < 1.29 is 0 Å². The van der Waals surface area contributed by atoms with Crippen LogP contribution in [0.1, 0.15) is 38.7 Å². The Morgan fingerprint density at radius 1 is 1.47 bits per heavy atom. The van der Waals surface area contributed by atoms with Crippen LogP contribution in [0, 0.1) is 11.3 Å². The summed E-state index contributed by atoms with van der Waals surface area (Å²) in [6.07, 6.45) is 5.20. The van der Waals surface area contributed by atoms with E-state index in [2.05, 4.69) is 37.1 Å². The lowest BCUT2D eigenvalue weighted by Gasteiger charge is -2.26. The molecule has 1 aliphatic carbocycles. The normalized spacial score (nSPS) is 35.8. The van der Waals surface area contributed by atoms with Gasteiger partial charge in [0.15, 0.2) is 0 Å². The summed E-state index contributed by atoms with van der Waals surface area (Å²) < 4.78 is 0. The van der Waals surface area contributed by atoms with Crippen molar-refractivity contribution in [2.24, 2.45) is 11.3 Å². The predicted molar refractivity (Wildman–Crippen MR) is 62.0 cm³/mol. The molecule has 0 aromatic carbocycles. The molecule has 1 aromatic rings. The summed E-state index contributed by atoms with van der Waals surface area (Å²) in [6.45, 7) is 7.15. The number of hydrogen-bond acceptors (Lipinski definition) is 2. The summed E-state index contributed by atoms with van der Waals surface area (Å²) >= 11 is 0. The molecule has 1 aromatic heterocycles. The zero-order valence-corrected chi connectivity index (χ0v) is 9.62. The molecule has 0 spiro atoms. The molecule has 80 valence electrons. The van der Waals surface area contributed by atoms with Gasteiger partial charge in [-0.15, -0.1) is 0 Å². The fourth-order valence-corrected chi connectivity index (χ4v) is 3.71. The number of aromatic nitrogens is 1. The fourth-order valence-electron chi connectivity index (χ4n) is 3.71. The Kier molecular flexibility index (Phi) is 1.68. The number of fused-ring (bicyclic) bond motifs is 3. The number of rotatable bonds is 0. The molecule has 2 aliphatic rings. The zero-order valence-electron chi connectivity index (χ0n) is 9.62.